The van der Waals surface area contributed by atoms with Crippen LogP contribution in [0.2, 0.25) is 0 Å². The van der Waals surface area contributed by atoms with Crippen LogP contribution < -0.4 is 5.73 Å². The van der Waals surface area contributed by atoms with Gasteiger partial charge in [-0.25, -0.2) is 4.98 Å². The Hall–Kier alpha value is -2.41. The predicted molar refractivity (Wildman–Crippen MR) is 75.5 cm³/mol. The van der Waals surface area contributed by atoms with Gasteiger partial charge in [0.15, 0.2) is 5.82 Å². The van der Waals surface area contributed by atoms with E-state index < -0.39 is 0 Å². The monoisotopic (exact) mass is 288 g/mol. The number of anilines is 1. The summed E-state index contributed by atoms with van der Waals surface area (Å²) in [6.07, 6.45) is 0.537. The average molecular weight is 288 g/mol. The number of rotatable bonds is 3. The Morgan fingerprint density at radius 1 is 1.35 bits per heavy atom. The molecule has 0 saturated heterocycles. The lowest BCUT2D eigenvalue weighted by atomic mass is 10.2. The zero-order valence-corrected chi connectivity index (χ0v) is 11.5. The van der Waals surface area contributed by atoms with Gasteiger partial charge in [-0.3, -0.25) is 0 Å². The van der Waals surface area contributed by atoms with Gasteiger partial charge in [0.25, 0.3) is 5.89 Å². The van der Waals surface area contributed by atoms with Crippen LogP contribution in [0.5, 0.6) is 5.75 Å². The number of thiazole rings is 1. The normalized spacial score (nSPS) is 10.8. The van der Waals surface area contributed by atoms with Crippen molar-refractivity contribution < 1.29 is 9.63 Å². The van der Waals surface area contributed by atoms with E-state index in [2.05, 4.69) is 15.1 Å². The molecule has 1 aromatic carbocycles. The zero-order chi connectivity index (χ0) is 14.1. The van der Waals surface area contributed by atoms with Gasteiger partial charge in [0.2, 0.25) is 0 Å². The highest BCUT2D eigenvalue weighted by molar-refractivity contribution is 7.09. The lowest BCUT2D eigenvalue weighted by Crippen LogP contribution is -1.90. The van der Waals surface area contributed by atoms with Crippen LogP contribution in [0.4, 0.5) is 5.69 Å². The molecule has 3 aromatic rings. The molecule has 0 spiro atoms. The van der Waals surface area contributed by atoms with Gasteiger partial charge in [-0.05, 0) is 25.1 Å². The average Bonchev–Trinajstić information content (AvgIpc) is 3.03. The van der Waals surface area contributed by atoms with Crippen molar-refractivity contribution in [3.05, 3.63) is 40.1 Å². The summed E-state index contributed by atoms with van der Waals surface area (Å²) in [6.45, 7) is 1.95. The molecule has 0 saturated carbocycles. The molecular formula is C13H12N4O2S. The molecule has 0 aliphatic carbocycles. The molecular weight excluding hydrogens is 276 g/mol. The minimum Gasteiger partial charge on any atom is -0.506 e. The summed E-state index contributed by atoms with van der Waals surface area (Å²) in [5.41, 5.74) is 7.58. The second-order valence-electron chi connectivity index (χ2n) is 4.35. The standard InChI is InChI=1S/C13H12N4O2S/c1-7-6-20-12(15-7)5-11-16-13(19-17-11)8-2-3-10(18)9(14)4-8/h2-4,6,18H,5,14H2,1H3. The Labute approximate surface area is 118 Å². The first-order chi connectivity index (χ1) is 9.61. The number of nitrogens with two attached hydrogens (primary N) is 1. The second kappa shape index (κ2) is 4.93. The van der Waals surface area contributed by atoms with Gasteiger partial charge in [-0.1, -0.05) is 5.16 Å². The molecule has 0 amide bonds. The maximum Gasteiger partial charge on any atom is 0.258 e. The summed E-state index contributed by atoms with van der Waals surface area (Å²) in [7, 11) is 0. The summed E-state index contributed by atoms with van der Waals surface area (Å²) in [6, 6.07) is 4.77. The Balaban J connectivity index is 1.84. The molecule has 0 radical (unpaired) electrons. The van der Waals surface area contributed by atoms with E-state index in [1.54, 1.807) is 23.5 Å². The molecule has 2 aromatic heterocycles. The number of aromatic nitrogens is 3. The Morgan fingerprint density at radius 3 is 2.90 bits per heavy atom. The summed E-state index contributed by atoms with van der Waals surface area (Å²) in [4.78, 5) is 8.66. The van der Waals surface area contributed by atoms with E-state index in [-0.39, 0.29) is 11.4 Å². The molecule has 7 heteroatoms. The Morgan fingerprint density at radius 2 is 2.20 bits per heavy atom. The maximum absolute atomic E-state index is 9.39. The van der Waals surface area contributed by atoms with Gasteiger partial charge < -0.3 is 15.4 Å². The maximum atomic E-state index is 9.39. The molecule has 0 fully saturated rings. The van der Waals surface area contributed by atoms with E-state index in [1.807, 2.05) is 12.3 Å². The lowest BCUT2D eigenvalue weighted by Gasteiger charge is -1.99. The van der Waals surface area contributed by atoms with Gasteiger partial charge in [-0.2, -0.15) is 4.98 Å². The second-order valence-corrected chi connectivity index (χ2v) is 5.29. The van der Waals surface area contributed by atoms with E-state index in [4.69, 9.17) is 10.3 Å². The van der Waals surface area contributed by atoms with Crippen LogP contribution in [-0.2, 0) is 6.42 Å². The molecule has 0 aliphatic rings. The molecule has 102 valence electrons. The lowest BCUT2D eigenvalue weighted by molar-refractivity contribution is 0.423. The largest absolute Gasteiger partial charge is 0.506 e. The van der Waals surface area contributed by atoms with E-state index in [9.17, 15) is 5.11 Å². The predicted octanol–water partition coefficient (Wildman–Crippen LogP) is 2.38. The van der Waals surface area contributed by atoms with Crippen LogP contribution in [0.1, 0.15) is 16.5 Å². The summed E-state index contributed by atoms with van der Waals surface area (Å²) in [5, 5.41) is 16.2. The summed E-state index contributed by atoms with van der Waals surface area (Å²) >= 11 is 1.57. The molecule has 20 heavy (non-hydrogen) atoms. The molecule has 3 rings (SSSR count). The van der Waals surface area contributed by atoms with Gasteiger partial charge >= 0.3 is 0 Å². The number of phenolic OH excluding ortho intramolecular Hbond substituents is 1. The number of hydrogen-bond donors (Lipinski definition) is 2. The van der Waals surface area contributed by atoms with Crippen molar-refractivity contribution in [2.75, 3.05) is 5.73 Å². The van der Waals surface area contributed by atoms with E-state index in [1.165, 1.54) is 6.07 Å². The fourth-order valence-corrected chi connectivity index (χ4v) is 2.52. The Bertz CT molecular complexity index is 750. The van der Waals surface area contributed by atoms with Crippen LogP contribution in [0, 0.1) is 6.92 Å². The molecule has 0 atom stereocenters. The van der Waals surface area contributed by atoms with Crippen molar-refractivity contribution >= 4 is 17.0 Å². The summed E-state index contributed by atoms with van der Waals surface area (Å²) < 4.78 is 5.20. The van der Waals surface area contributed by atoms with E-state index >= 15 is 0 Å². The van der Waals surface area contributed by atoms with Gasteiger partial charge in [-0.15, -0.1) is 11.3 Å². The van der Waals surface area contributed by atoms with E-state index in [0.717, 1.165) is 10.7 Å². The third kappa shape index (κ3) is 2.48. The number of nitrogens with zero attached hydrogens (tertiary/aromatic N) is 3. The quantitative estimate of drug-likeness (QED) is 0.567. The van der Waals surface area contributed by atoms with Gasteiger partial charge in [0.05, 0.1) is 12.1 Å². The van der Waals surface area contributed by atoms with Crippen LogP contribution in [0.25, 0.3) is 11.5 Å². The number of phenols is 1. The SMILES string of the molecule is Cc1csc(Cc2noc(-c3ccc(O)c(N)c3)n2)n1. The third-order valence-corrected chi connectivity index (χ3v) is 3.69. The topological polar surface area (TPSA) is 98.1 Å². The summed E-state index contributed by atoms with van der Waals surface area (Å²) in [5.74, 6) is 0.979. The first-order valence-corrected chi connectivity index (χ1v) is 6.82. The highest BCUT2D eigenvalue weighted by Crippen LogP contribution is 2.26. The number of nitrogen functional groups attached to an aromatic ring is 1. The third-order valence-electron chi connectivity index (χ3n) is 2.72. The fourth-order valence-electron chi connectivity index (χ4n) is 1.75. The Kier molecular flexibility index (Phi) is 3.11. The van der Waals surface area contributed by atoms with Gasteiger partial charge in [0.1, 0.15) is 10.8 Å². The highest BCUT2D eigenvalue weighted by Gasteiger charge is 2.12. The first kappa shape index (κ1) is 12.6. The number of benzene rings is 1. The van der Waals surface area contributed by atoms with Crippen LogP contribution in [-0.4, -0.2) is 20.2 Å². The van der Waals surface area contributed by atoms with Crippen molar-refractivity contribution in [2.24, 2.45) is 0 Å². The number of hydrogen-bond acceptors (Lipinski definition) is 7. The zero-order valence-electron chi connectivity index (χ0n) is 10.7. The van der Waals surface area contributed by atoms with Crippen LogP contribution >= 0.6 is 11.3 Å². The minimum absolute atomic E-state index is 0.0340. The molecule has 3 N–H and O–H groups in total. The van der Waals surface area contributed by atoms with Crippen molar-refractivity contribution in [3.63, 3.8) is 0 Å². The molecule has 6 nitrogen and oxygen atoms in total. The van der Waals surface area contributed by atoms with Crippen LogP contribution in [0.3, 0.4) is 0 Å². The smallest absolute Gasteiger partial charge is 0.258 e. The van der Waals surface area contributed by atoms with Crippen molar-refractivity contribution in [3.8, 4) is 17.2 Å². The first-order valence-electron chi connectivity index (χ1n) is 5.94. The van der Waals surface area contributed by atoms with Crippen molar-refractivity contribution in [1.82, 2.24) is 15.1 Å². The van der Waals surface area contributed by atoms with Crippen molar-refractivity contribution in [1.29, 1.82) is 0 Å². The number of aromatic hydroxyl groups is 1. The molecule has 0 unspecified atom stereocenters. The molecule has 2 heterocycles. The van der Waals surface area contributed by atoms with E-state index in [0.29, 0.717) is 23.7 Å². The molecule has 0 bridgehead atoms. The minimum atomic E-state index is 0.0340. The fraction of sp³-hybridized carbons (Fsp3) is 0.154. The van der Waals surface area contributed by atoms with Gasteiger partial charge in [0, 0.05) is 16.6 Å². The van der Waals surface area contributed by atoms with Crippen LogP contribution in [0.15, 0.2) is 28.1 Å². The number of aryl methyl sites for hydroxylation is 1. The van der Waals surface area contributed by atoms with Crippen molar-refractivity contribution in [2.45, 2.75) is 13.3 Å². The molecule has 0 aliphatic heterocycles. The highest BCUT2D eigenvalue weighted by atomic mass is 32.1.